The third-order valence-electron chi connectivity index (χ3n) is 4.45. The number of urea groups is 1. The lowest BCUT2D eigenvalue weighted by Crippen LogP contribution is -2.44. The summed E-state index contributed by atoms with van der Waals surface area (Å²) in [4.78, 5) is 18.4. The zero-order valence-corrected chi connectivity index (χ0v) is 13.2. The van der Waals surface area contributed by atoms with Gasteiger partial charge in [0.05, 0.1) is 17.4 Å². The lowest BCUT2D eigenvalue weighted by Gasteiger charge is -2.30. The van der Waals surface area contributed by atoms with Gasteiger partial charge in [0.1, 0.15) is 0 Å². The summed E-state index contributed by atoms with van der Waals surface area (Å²) in [6.07, 6.45) is 5.03. The molecule has 1 fully saturated rings. The van der Waals surface area contributed by atoms with Gasteiger partial charge in [-0.25, -0.2) is 9.78 Å². The van der Waals surface area contributed by atoms with Crippen molar-refractivity contribution in [2.24, 2.45) is 5.92 Å². The zero-order valence-electron chi connectivity index (χ0n) is 13.2. The molecule has 5 nitrogen and oxygen atoms in total. The highest BCUT2D eigenvalue weighted by molar-refractivity contribution is 5.75. The molecule has 1 aliphatic heterocycles. The smallest absolute Gasteiger partial charge is 0.317 e. The van der Waals surface area contributed by atoms with Gasteiger partial charge in [-0.05, 0) is 37.3 Å². The van der Waals surface area contributed by atoms with Crippen LogP contribution >= 0.6 is 0 Å². The summed E-state index contributed by atoms with van der Waals surface area (Å²) in [6, 6.07) is 8.21. The van der Waals surface area contributed by atoms with Gasteiger partial charge in [0.15, 0.2) is 0 Å². The Morgan fingerprint density at radius 2 is 2.09 bits per heavy atom. The van der Waals surface area contributed by atoms with Gasteiger partial charge in [0.25, 0.3) is 0 Å². The number of aromatic nitrogens is 2. The van der Waals surface area contributed by atoms with Crippen LogP contribution in [0.15, 0.2) is 30.6 Å². The number of nitrogens with zero attached hydrogens (tertiary/aromatic N) is 3. The van der Waals surface area contributed by atoms with Crippen molar-refractivity contribution in [2.75, 3.05) is 19.6 Å². The van der Waals surface area contributed by atoms with Gasteiger partial charge >= 0.3 is 6.03 Å². The maximum absolute atomic E-state index is 12.1. The molecule has 22 heavy (non-hydrogen) atoms. The van der Waals surface area contributed by atoms with Crippen molar-refractivity contribution in [1.82, 2.24) is 19.8 Å². The van der Waals surface area contributed by atoms with Crippen molar-refractivity contribution < 1.29 is 4.79 Å². The second-order valence-electron chi connectivity index (χ2n) is 6.18. The predicted molar refractivity (Wildman–Crippen MR) is 87.7 cm³/mol. The molecule has 2 aromatic rings. The van der Waals surface area contributed by atoms with Gasteiger partial charge in [0, 0.05) is 26.2 Å². The van der Waals surface area contributed by atoms with Crippen molar-refractivity contribution in [3.63, 3.8) is 0 Å². The van der Waals surface area contributed by atoms with Gasteiger partial charge < -0.3 is 14.8 Å². The Kier molecular flexibility index (Phi) is 4.61. The molecule has 1 aliphatic rings. The van der Waals surface area contributed by atoms with Crippen molar-refractivity contribution in [2.45, 2.75) is 32.7 Å². The minimum atomic E-state index is 0.0855. The van der Waals surface area contributed by atoms with E-state index in [2.05, 4.69) is 27.9 Å². The van der Waals surface area contributed by atoms with Crippen LogP contribution < -0.4 is 5.32 Å². The molecule has 1 aromatic carbocycles. The lowest BCUT2D eigenvalue weighted by atomic mass is 10.00. The normalized spacial score (nSPS) is 16.1. The molecule has 2 amide bonds. The topological polar surface area (TPSA) is 50.2 Å². The Labute approximate surface area is 131 Å². The molecular formula is C17H24N4O. The maximum atomic E-state index is 12.1. The predicted octanol–water partition coefficient (Wildman–Crippen LogP) is 2.87. The lowest BCUT2D eigenvalue weighted by molar-refractivity contribution is 0.174. The monoisotopic (exact) mass is 300 g/mol. The number of carbonyl (C=O) groups excluding carboxylic acids is 1. The van der Waals surface area contributed by atoms with E-state index in [-0.39, 0.29) is 6.03 Å². The summed E-state index contributed by atoms with van der Waals surface area (Å²) in [5.74, 6) is 0.749. The van der Waals surface area contributed by atoms with Crippen LogP contribution in [0, 0.1) is 5.92 Å². The number of rotatable bonds is 4. The molecule has 118 valence electrons. The third kappa shape index (κ3) is 3.40. The minimum Gasteiger partial charge on any atom is -0.338 e. The van der Waals surface area contributed by atoms with E-state index in [1.807, 2.05) is 29.4 Å². The molecule has 0 saturated carbocycles. The Hall–Kier alpha value is -2.04. The molecule has 0 aliphatic carbocycles. The zero-order chi connectivity index (χ0) is 15.4. The molecule has 1 saturated heterocycles. The fourth-order valence-corrected chi connectivity index (χ4v) is 2.96. The maximum Gasteiger partial charge on any atom is 0.317 e. The molecule has 0 atom stereocenters. The van der Waals surface area contributed by atoms with Crippen LogP contribution in [0.1, 0.15) is 26.2 Å². The molecule has 1 N–H and O–H groups in total. The molecule has 5 heteroatoms. The number of fused-ring (bicyclic) bond motifs is 1. The van der Waals surface area contributed by atoms with Gasteiger partial charge in [0.2, 0.25) is 0 Å². The van der Waals surface area contributed by atoms with Crippen LogP contribution in [0.25, 0.3) is 11.0 Å². The van der Waals surface area contributed by atoms with E-state index in [9.17, 15) is 4.79 Å². The summed E-state index contributed by atoms with van der Waals surface area (Å²) in [6.45, 7) is 5.61. The molecule has 0 radical (unpaired) electrons. The number of piperidine rings is 1. The van der Waals surface area contributed by atoms with Crippen LogP contribution in [0.4, 0.5) is 4.79 Å². The van der Waals surface area contributed by atoms with Crippen LogP contribution in [0.5, 0.6) is 0 Å². The summed E-state index contributed by atoms with van der Waals surface area (Å²) in [5.41, 5.74) is 2.17. The molecule has 2 heterocycles. The Morgan fingerprint density at radius 1 is 1.32 bits per heavy atom. The standard InChI is InChI=1S/C17H24N4O/c1-14-7-11-20(12-8-14)17(22)18-9-4-10-21-13-19-15-5-2-3-6-16(15)21/h2-3,5-6,13-14H,4,7-12H2,1H3,(H,18,22). The Balaban J connectivity index is 1.43. The first-order valence-corrected chi connectivity index (χ1v) is 8.16. The SMILES string of the molecule is CC1CCN(C(=O)NCCCn2cnc3ccccc32)CC1. The minimum absolute atomic E-state index is 0.0855. The van der Waals surface area contributed by atoms with Crippen molar-refractivity contribution >= 4 is 17.1 Å². The van der Waals surface area contributed by atoms with E-state index in [4.69, 9.17) is 0 Å². The van der Waals surface area contributed by atoms with Crippen LogP contribution in [-0.2, 0) is 6.54 Å². The Bertz CT molecular complexity index is 628. The van der Waals surface area contributed by atoms with Gasteiger partial charge in [-0.2, -0.15) is 0 Å². The average Bonchev–Trinajstić information content (AvgIpc) is 2.95. The van der Waals surface area contributed by atoms with Gasteiger partial charge in [-0.15, -0.1) is 0 Å². The van der Waals surface area contributed by atoms with E-state index >= 15 is 0 Å². The van der Waals surface area contributed by atoms with Crippen molar-refractivity contribution in [1.29, 1.82) is 0 Å². The van der Waals surface area contributed by atoms with Crippen LogP contribution in [0.3, 0.4) is 0 Å². The molecular weight excluding hydrogens is 276 g/mol. The summed E-state index contributed by atoms with van der Waals surface area (Å²) >= 11 is 0. The number of nitrogens with one attached hydrogen (secondary N) is 1. The van der Waals surface area contributed by atoms with Gasteiger partial charge in [-0.3, -0.25) is 0 Å². The first-order chi connectivity index (χ1) is 10.7. The summed E-state index contributed by atoms with van der Waals surface area (Å²) in [7, 11) is 0. The fraction of sp³-hybridized carbons (Fsp3) is 0.529. The highest BCUT2D eigenvalue weighted by atomic mass is 16.2. The van der Waals surface area contributed by atoms with E-state index in [0.717, 1.165) is 55.8 Å². The van der Waals surface area contributed by atoms with Gasteiger partial charge in [-0.1, -0.05) is 19.1 Å². The van der Waals surface area contributed by atoms with E-state index in [1.165, 1.54) is 0 Å². The summed E-state index contributed by atoms with van der Waals surface area (Å²) < 4.78 is 2.14. The second-order valence-corrected chi connectivity index (χ2v) is 6.18. The number of hydrogen-bond donors (Lipinski definition) is 1. The van der Waals surface area contributed by atoms with E-state index in [1.54, 1.807) is 0 Å². The second kappa shape index (κ2) is 6.81. The first kappa shape index (κ1) is 14.9. The molecule has 1 aromatic heterocycles. The third-order valence-corrected chi connectivity index (χ3v) is 4.45. The first-order valence-electron chi connectivity index (χ1n) is 8.16. The highest BCUT2D eigenvalue weighted by Gasteiger charge is 2.19. The van der Waals surface area contributed by atoms with Crippen LogP contribution in [-0.4, -0.2) is 40.1 Å². The number of carbonyl (C=O) groups is 1. The van der Waals surface area contributed by atoms with E-state index in [0.29, 0.717) is 6.54 Å². The number of aryl methyl sites for hydroxylation is 1. The largest absolute Gasteiger partial charge is 0.338 e. The van der Waals surface area contributed by atoms with Crippen molar-refractivity contribution in [3.8, 4) is 0 Å². The quantitative estimate of drug-likeness (QED) is 0.883. The number of amides is 2. The van der Waals surface area contributed by atoms with E-state index < -0.39 is 0 Å². The number of para-hydroxylation sites is 2. The molecule has 0 bridgehead atoms. The van der Waals surface area contributed by atoms with Crippen molar-refractivity contribution in [3.05, 3.63) is 30.6 Å². The summed E-state index contributed by atoms with van der Waals surface area (Å²) in [5, 5.41) is 3.03. The average molecular weight is 300 g/mol. The Morgan fingerprint density at radius 3 is 2.91 bits per heavy atom. The fourth-order valence-electron chi connectivity index (χ4n) is 2.96. The highest BCUT2D eigenvalue weighted by Crippen LogP contribution is 2.15. The van der Waals surface area contributed by atoms with Crippen LogP contribution in [0.2, 0.25) is 0 Å². The molecule has 0 unspecified atom stereocenters. The molecule has 0 spiro atoms. The number of hydrogen-bond acceptors (Lipinski definition) is 2. The number of benzene rings is 1. The molecule has 3 rings (SSSR count). The number of likely N-dealkylation sites (tertiary alicyclic amines) is 1. The number of imidazole rings is 1.